The molecule has 19 heavy (non-hydrogen) atoms. The molecule has 0 spiro atoms. The molecule has 1 atom stereocenters. The number of rotatable bonds is 4. The van der Waals surface area contributed by atoms with E-state index in [0.717, 1.165) is 12.1 Å². The van der Waals surface area contributed by atoms with Gasteiger partial charge in [0.05, 0.1) is 6.04 Å². The van der Waals surface area contributed by atoms with Gasteiger partial charge in [0.1, 0.15) is 0 Å². The summed E-state index contributed by atoms with van der Waals surface area (Å²) < 4.78 is 25.6. The van der Waals surface area contributed by atoms with Crippen molar-refractivity contribution in [1.29, 1.82) is 0 Å². The lowest BCUT2D eigenvalue weighted by atomic mass is 10.2. The molecule has 0 radical (unpaired) electrons. The van der Waals surface area contributed by atoms with Crippen LogP contribution in [0.3, 0.4) is 0 Å². The maximum atomic E-state index is 12.9. The molecule has 0 saturated heterocycles. The molecule has 1 rings (SSSR count). The molecule has 0 aliphatic heterocycles. The number of imide groups is 1. The van der Waals surface area contributed by atoms with Crippen molar-refractivity contribution in [1.82, 2.24) is 16.0 Å². The molecule has 5 nitrogen and oxygen atoms in total. The van der Waals surface area contributed by atoms with E-state index >= 15 is 0 Å². The van der Waals surface area contributed by atoms with Gasteiger partial charge in [0.25, 0.3) is 0 Å². The number of carbonyl (C=O) groups excluding carboxylic acids is 2. The molecule has 3 amide bonds. The van der Waals surface area contributed by atoms with Crippen LogP contribution in [0.15, 0.2) is 18.2 Å². The first-order valence-corrected chi connectivity index (χ1v) is 5.64. The maximum absolute atomic E-state index is 12.9. The largest absolute Gasteiger partial charge is 0.341 e. The second-order valence-electron chi connectivity index (χ2n) is 3.92. The Bertz CT molecular complexity index is 480. The Morgan fingerprint density at radius 3 is 2.53 bits per heavy atom. The average Bonchev–Trinajstić information content (AvgIpc) is 2.39. The molecule has 1 aromatic carbocycles. The van der Waals surface area contributed by atoms with Crippen molar-refractivity contribution < 1.29 is 18.4 Å². The molecular formula is C12H15F2N3O2. The highest BCUT2D eigenvalue weighted by Crippen LogP contribution is 2.08. The molecular weight excluding hydrogens is 256 g/mol. The Balaban J connectivity index is 2.49. The number of benzene rings is 1. The Morgan fingerprint density at radius 2 is 1.95 bits per heavy atom. The molecule has 0 saturated carbocycles. The van der Waals surface area contributed by atoms with Crippen LogP contribution < -0.4 is 16.0 Å². The molecule has 1 unspecified atom stereocenters. The molecule has 0 aliphatic rings. The number of amides is 3. The van der Waals surface area contributed by atoms with E-state index in [2.05, 4.69) is 16.0 Å². The quantitative estimate of drug-likeness (QED) is 0.762. The van der Waals surface area contributed by atoms with E-state index in [1.54, 1.807) is 6.92 Å². The van der Waals surface area contributed by atoms with Gasteiger partial charge in [-0.15, -0.1) is 0 Å². The second-order valence-corrected chi connectivity index (χ2v) is 3.92. The topological polar surface area (TPSA) is 70.2 Å². The first-order valence-electron chi connectivity index (χ1n) is 5.64. The standard InChI is InChI=1S/C12H15F2N3O2/c1-7(11(18)17-12(19)15-2)16-6-8-3-4-9(13)10(14)5-8/h3-5,7,16H,6H2,1-2H3,(H2,15,17,18,19). The van der Waals surface area contributed by atoms with Gasteiger partial charge in [0.15, 0.2) is 11.6 Å². The fourth-order valence-corrected chi connectivity index (χ4v) is 1.30. The first-order chi connectivity index (χ1) is 8.93. The van der Waals surface area contributed by atoms with E-state index in [1.807, 2.05) is 0 Å². The predicted octanol–water partition coefficient (Wildman–Crippen LogP) is 0.898. The van der Waals surface area contributed by atoms with E-state index in [-0.39, 0.29) is 6.54 Å². The van der Waals surface area contributed by atoms with Crippen LogP contribution in [0.4, 0.5) is 13.6 Å². The van der Waals surface area contributed by atoms with Crippen molar-refractivity contribution in [3.05, 3.63) is 35.4 Å². The van der Waals surface area contributed by atoms with Gasteiger partial charge in [0, 0.05) is 13.6 Å². The Hall–Kier alpha value is -2.02. The summed E-state index contributed by atoms with van der Waals surface area (Å²) in [5, 5.41) is 7.14. The summed E-state index contributed by atoms with van der Waals surface area (Å²) >= 11 is 0. The highest BCUT2D eigenvalue weighted by Gasteiger charge is 2.14. The normalized spacial score (nSPS) is 11.8. The van der Waals surface area contributed by atoms with Crippen LogP contribution in [-0.4, -0.2) is 25.0 Å². The van der Waals surface area contributed by atoms with E-state index in [0.29, 0.717) is 5.56 Å². The van der Waals surface area contributed by atoms with Crippen LogP contribution >= 0.6 is 0 Å². The number of urea groups is 1. The Morgan fingerprint density at radius 1 is 1.26 bits per heavy atom. The van der Waals surface area contributed by atoms with Crippen LogP contribution in [0, 0.1) is 11.6 Å². The fourth-order valence-electron chi connectivity index (χ4n) is 1.30. The molecule has 0 aromatic heterocycles. The smallest absolute Gasteiger partial charge is 0.321 e. The van der Waals surface area contributed by atoms with Crippen molar-refractivity contribution in [2.75, 3.05) is 7.05 Å². The van der Waals surface area contributed by atoms with Gasteiger partial charge in [-0.2, -0.15) is 0 Å². The summed E-state index contributed by atoms with van der Waals surface area (Å²) in [6.45, 7) is 1.73. The van der Waals surface area contributed by atoms with E-state index < -0.39 is 29.6 Å². The van der Waals surface area contributed by atoms with Crippen LogP contribution in [0.1, 0.15) is 12.5 Å². The molecule has 0 heterocycles. The van der Waals surface area contributed by atoms with Gasteiger partial charge in [-0.25, -0.2) is 13.6 Å². The summed E-state index contributed by atoms with van der Waals surface area (Å²) in [5.41, 5.74) is 0.499. The van der Waals surface area contributed by atoms with Crippen molar-refractivity contribution in [3.63, 3.8) is 0 Å². The highest BCUT2D eigenvalue weighted by atomic mass is 19.2. The fraction of sp³-hybridized carbons (Fsp3) is 0.333. The minimum Gasteiger partial charge on any atom is -0.341 e. The molecule has 0 fully saturated rings. The monoisotopic (exact) mass is 271 g/mol. The zero-order chi connectivity index (χ0) is 14.4. The zero-order valence-electron chi connectivity index (χ0n) is 10.6. The molecule has 7 heteroatoms. The number of hydrogen-bond donors (Lipinski definition) is 3. The van der Waals surface area contributed by atoms with Gasteiger partial charge in [-0.05, 0) is 24.6 Å². The third-order valence-electron chi connectivity index (χ3n) is 2.45. The average molecular weight is 271 g/mol. The zero-order valence-corrected chi connectivity index (χ0v) is 10.6. The van der Waals surface area contributed by atoms with Gasteiger partial charge in [-0.1, -0.05) is 6.07 Å². The Kier molecular flexibility index (Phi) is 5.37. The van der Waals surface area contributed by atoms with Crippen LogP contribution in [-0.2, 0) is 11.3 Å². The lowest BCUT2D eigenvalue weighted by Gasteiger charge is -2.13. The van der Waals surface area contributed by atoms with E-state index in [1.165, 1.54) is 13.1 Å². The first kappa shape index (κ1) is 15.0. The third kappa shape index (κ3) is 4.63. The minimum absolute atomic E-state index is 0.180. The maximum Gasteiger partial charge on any atom is 0.321 e. The Labute approximate surface area is 109 Å². The van der Waals surface area contributed by atoms with Crippen LogP contribution in [0.5, 0.6) is 0 Å². The second kappa shape index (κ2) is 6.79. The van der Waals surface area contributed by atoms with Crippen molar-refractivity contribution in [2.45, 2.75) is 19.5 Å². The summed E-state index contributed by atoms with van der Waals surface area (Å²) in [6, 6.07) is 2.22. The third-order valence-corrected chi connectivity index (χ3v) is 2.45. The number of hydrogen-bond acceptors (Lipinski definition) is 3. The van der Waals surface area contributed by atoms with Gasteiger partial charge in [-0.3, -0.25) is 10.1 Å². The summed E-state index contributed by atoms with van der Waals surface area (Å²) in [7, 11) is 1.39. The molecule has 3 N–H and O–H groups in total. The number of nitrogens with one attached hydrogen (secondary N) is 3. The highest BCUT2D eigenvalue weighted by molar-refractivity contribution is 5.96. The van der Waals surface area contributed by atoms with Crippen molar-refractivity contribution in [2.24, 2.45) is 0 Å². The minimum atomic E-state index is -0.943. The lowest BCUT2D eigenvalue weighted by molar-refractivity contribution is -0.121. The molecule has 0 bridgehead atoms. The summed E-state index contributed by atoms with van der Waals surface area (Å²) in [4.78, 5) is 22.4. The van der Waals surface area contributed by atoms with Crippen molar-refractivity contribution in [3.8, 4) is 0 Å². The lowest BCUT2D eigenvalue weighted by Crippen LogP contribution is -2.47. The molecule has 0 aliphatic carbocycles. The van der Waals surface area contributed by atoms with Gasteiger partial charge in [0.2, 0.25) is 5.91 Å². The van der Waals surface area contributed by atoms with E-state index in [9.17, 15) is 18.4 Å². The molecule has 104 valence electrons. The summed E-state index contributed by atoms with van der Waals surface area (Å²) in [6.07, 6.45) is 0. The van der Waals surface area contributed by atoms with Crippen molar-refractivity contribution >= 4 is 11.9 Å². The number of halogens is 2. The SMILES string of the molecule is CNC(=O)NC(=O)C(C)NCc1ccc(F)c(F)c1. The predicted molar refractivity (Wildman–Crippen MR) is 65.3 cm³/mol. The van der Waals surface area contributed by atoms with Gasteiger partial charge >= 0.3 is 6.03 Å². The van der Waals surface area contributed by atoms with Gasteiger partial charge < -0.3 is 10.6 Å². The van der Waals surface area contributed by atoms with E-state index in [4.69, 9.17) is 0 Å². The number of carbonyl (C=O) groups is 2. The molecule has 1 aromatic rings. The van der Waals surface area contributed by atoms with Crippen LogP contribution in [0.2, 0.25) is 0 Å². The van der Waals surface area contributed by atoms with Crippen LogP contribution in [0.25, 0.3) is 0 Å². The summed E-state index contributed by atoms with van der Waals surface area (Å²) in [5.74, 6) is -2.38.